The number of rotatable bonds is 3. The third kappa shape index (κ3) is 3.09. The van der Waals surface area contributed by atoms with E-state index in [2.05, 4.69) is 31.9 Å². The molecule has 0 unspecified atom stereocenters. The molecule has 0 heterocycles. The Bertz CT molecular complexity index is 591. The first-order valence-electron chi connectivity index (χ1n) is 5.60. The minimum atomic E-state index is 0.123. The molecule has 0 amide bonds. The minimum Gasteiger partial charge on any atom is -0.294 e. The van der Waals surface area contributed by atoms with Gasteiger partial charge in [0.1, 0.15) is 0 Å². The van der Waals surface area contributed by atoms with E-state index < -0.39 is 0 Å². The van der Waals surface area contributed by atoms with Crippen LogP contribution in [0.3, 0.4) is 0 Å². The molecule has 0 saturated heterocycles. The van der Waals surface area contributed by atoms with Gasteiger partial charge >= 0.3 is 0 Å². The first-order valence-corrected chi connectivity index (χ1v) is 7.19. The molecule has 0 N–H and O–H groups in total. The fourth-order valence-corrected chi connectivity index (χ4v) is 2.62. The molecular weight excluding hydrogens is 356 g/mol. The Morgan fingerprint density at radius 2 is 1.83 bits per heavy atom. The number of halogens is 2. The maximum Gasteiger partial charge on any atom is 0.168 e. The molecule has 18 heavy (non-hydrogen) atoms. The first kappa shape index (κ1) is 13.5. The van der Waals surface area contributed by atoms with Gasteiger partial charge in [-0.1, -0.05) is 56.1 Å². The second-order valence-corrected chi connectivity index (χ2v) is 5.92. The van der Waals surface area contributed by atoms with Gasteiger partial charge in [0, 0.05) is 20.9 Å². The molecule has 0 aliphatic rings. The Hall–Kier alpha value is -0.930. The lowest BCUT2D eigenvalue weighted by molar-refractivity contribution is 0.0992. The molecule has 2 aromatic carbocycles. The molecule has 0 radical (unpaired) electrons. The van der Waals surface area contributed by atoms with Crippen LogP contribution in [0.1, 0.15) is 21.5 Å². The van der Waals surface area contributed by atoms with Gasteiger partial charge < -0.3 is 0 Å². The van der Waals surface area contributed by atoms with Crippen LogP contribution in [0, 0.1) is 6.92 Å². The number of carbonyl (C=O) groups excluding carboxylic acids is 1. The summed E-state index contributed by atoms with van der Waals surface area (Å²) in [5.41, 5.74) is 2.94. The summed E-state index contributed by atoms with van der Waals surface area (Å²) in [4.78, 5) is 12.3. The number of Topliss-reactive ketones (excluding diaryl/α,β-unsaturated/α-hetero) is 1. The van der Waals surface area contributed by atoms with Crippen LogP contribution in [0.25, 0.3) is 0 Å². The molecular formula is C15H12Br2O. The molecule has 0 atom stereocenters. The van der Waals surface area contributed by atoms with Crippen LogP contribution in [0.2, 0.25) is 0 Å². The van der Waals surface area contributed by atoms with E-state index in [1.165, 1.54) is 0 Å². The van der Waals surface area contributed by atoms with E-state index in [1.807, 2.05) is 49.4 Å². The fourth-order valence-electron chi connectivity index (χ4n) is 1.79. The molecule has 2 rings (SSSR count). The number of benzene rings is 2. The number of aryl methyl sites for hydroxylation is 1. The van der Waals surface area contributed by atoms with Crippen molar-refractivity contribution in [3.63, 3.8) is 0 Å². The van der Waals surface area contributed by atoms with E-state index in [-0.39, 0.29) is 5.78 Å². The van der Waals surface area contributed by atoms with E-state index in [4.69, 9.17) is 0 Å². The quantitative estimate of drug-likeness (QED) is 0.701. The Labute approximate surface area is 123 Å². The van der Waals surface area contributed by atoms with Gasteiger partial charge in [0.15, 0.2) is 5.78 Å². The zero-order valence-electron chi connectivity index (χ0n) is 9.91. The summed E-state index contributed by atoms with van der Waals surface area (Å²) < 4.78 is 1.75. The second kappa shape index (κ2) is 5.81. The van der Waals surface area contributed by atoms with Crippen molar-refractivity contribution in [1.29, 1.82) is 0 Å². The van der Waals surface area contributed by atoms with Crippen molar-refractivity contribution in [2.24, 2.45) is 0 Å². The monoisotopic (exact) mass is 366 g/mol. The molecule has 0 fully saturated rings. The Morgan fingerprint density at radius 1 is 1.11 bits per heavy atom. The average molecular weight is 368 g/mol. The van der Waals surface area contributed by atoms with Crippen molar-refractivity contribution < 1.29 is 4.79 Å². The zero-order valence-corrected chi connectivity index (χ0v) is 13.1. The molecule has 0 bridgehead atoms. The molecule has 0 saturated carbocycles. The second-order valence-electron chi connectivity index (χ2n) is 4.15. The maximum absolute atomic E-state index is 12.3. The Kier molecular flexibility index (Phi) is 4.36. The van der Waals surface area contributed by atoms with Crippen molar-refractivity contribution >= 4 is 37.6 Å². The van der Waals surface area contributed by atoms with Crippen LogP contribution in [0.15, 0.2) is 51.4 Å². The molecule has 0 spiro atoms. The van der Waals surface area contributed by atoms with E-state index in [9.17, 15) is 4.79 Å². The third-order valence-electron chi connectivity index (χ3n) is 2.84. The maximum atomic E-state index is 12.3. The van der Waals surface area contributed by atoms with Gasteiger partial charge in [-0.25, -0.2) is 0 Å². The van der Waals surface area contributed by atoms with Crippen molar-refractivity contribution in [2.45, 2.75) is 13.3 Å². The summed E-state index contributed by atoms with van der Waals surface area (Å²) in [6.45, 7) is 2.03. The minimum absolute atomic E-state index is 0.123. The van der Waals surface area contributed by atoms with Gasteiger partial charge in [0.25, 0.3) is 0 Å². The van der Waals surface area contributed by atoms with Crippen LogP contribution in [-0.4, -0.2) is 5.78 Å². The first-order chi connectivity index (χ1) is 8.58. The Balaban J connectivity index is 2.28. The summed E-state index contributed by atoms with van der Waals surface area (Å²) in [6, 6.07) is 13.6. The average Bonchev–Trinajstić information content (AvgIpc) is 2.35. The lowest BCUT2D eigenvalue weighted by Crippen LogP contribution is -2.05. The predicted molar refractivity (Wildman–Crippen MR) is 81.1 cm³/mol. The van der Waals surface area contributed by atoms with Gasteiger partial charge in [-0.15, -0.1) is 0 Å². The highest BCUT2D eigenvalue weighted by atomic mass is 79.9. The van der Waals surface area contributed by atoms with Crippen LogP contribution >= 0.6 is 31.9 Å². The predicted octanol–water partition coefficient (Wildman–Crippen LogP) is 4.95. The summed E-state index contributed by atoms with van der Waals surface area (Å²) in [6.07, 6.45) is 0.432. The summed E-state index contributed by atoms with van der Waals surface area (Å²) in [5, 5.41) is 0. The molecule has 0 aromatic heterocycles. The van der Waals surface area contributed by atoms with E-state index in [1.54, 1.807) is 0 Å². The van der Waals surface area contributed by atoms with Crippen molar-refractivity contribution in [3.8, 4) is 0 Å². The SMILES string of the molecule is Cc1ccccc1CC(=O)c1cc(Br)ccc1Br. The highest BCUT2D eigenvalue weighted by molar-refractivity contribution is 9.11. The topological polar surface area (TPSA) is 17.1 Å². The lowest BCUT2D eigenvalue weighted by Gasteiger charge is -2.07. The van der Waals surface area contributed by atoms with Gasteiger partial charge in [0.2, 0.25) is 0 Å². The molecule has 92 valence electrons. The molecule has 3 heteroatoms. The van der Waals surface area contributed by atoms with Gasteiger partial charge in [0.05, 0.1) is 0 Å². The number of ketones is 1. The molecule has 2 aromatic rings. The van der Waals surface area contributed by atoms with Gasteiger partial charge in [-0.2, -0.15) is 0 Å². The fraction of sp³-hybridized carbons (Fsp3) is 0.133. The van der Waals surface area contributed by atoms with E-state index >= 15 is 0 Å². The van der Waals surface area contributed by atoms with Gasteiger partial charge in [-0.3, -0.25) is 4.79 Å². The van der Waals surface area contributed by atoms with Crippen molar-refractivity contribution in [1.82, 2.24) is 0 Å². The summed E-state index contributed by atoms with van der Waals surface area (Å²) >= 11 is 6.81. The summed E-state index contributed by atoms with van der Waals surface area (Å²) in [5.74, 6) is 0.123. The molecule has 0 aliphatic heterocycles. The molecule has 0 aliphatic carbocycles. The highest BCUT2D eigenvalue weighted by Crippen LogP contribution is 2.23. The van der Waals surface area contributed by atoms with Crippen LogP contribution < -0.4 is 0 Å². The standard InChI is InChI=1S/C15H12Br2O/c1-10-4-2-3-5-11(10)8-15(18)13-9-12(16)6-7-14(13)17/h2-7,9H,8H2,1H3. The van der Waals surface area contributed by atoms with E-state index in [0.29, 0.717) is 12.0 Å². The number of hydrogen-bond donors (Lipinski definition) is 0. The van der Waals surface area contributed by atoms with E-state index in [0.717, 1.165) is 20.1 Å². The third-order valence-corrected chi connectivity index (χ3v) is 4.03. The number of hydrogen-bond acceptors (Lipinski definition) is 1. The summed E-state index contributed by atoms with van der Waals surface area (Å²) in [7, 11) is 0. The van der Waals surface area contributed by atoms with Crippen molar-refractivity contribution in [3.05, 3.63) is 68.1 Å². The largest absolute Gasteiger partial charge is 0.294 e. The smallest absolute Gasteiger partial charge is 0.168 e. The lowest BCUT2D eigenvalue weighted by atomic mass is 10.00. The van der Waals surface area contributed by atoms with Gasteiger partial charge in [-0.05, 0) is 36.2 Å². The van der Waals surface area contributed by atoms with Crippen LogP contribution in [0.5, 0.6) is 0 Å². The van der Waals surface area contributed by atoms with Crippen LogP contribution in [-0.2, 0) is 6.42 Å². The highest BCUT2D eigenvalue weighted by Gasteiger charge is 2.12. The Morgan fingerprint density at radius 3 is 2.56 bits per heavy atom. The van der Waals surface area contributed by atoms with Crippen molar-refractivity contribution in [2.75, 3.05) is 0 Å². The molecule has 1 nitrogen and oxygen atoms in total. The van der Waals surface area contributed by atoms with Crippen LogP contribution in [0.4, 0.5) is 0 Å². The normalized spacial score (nSPS) is 10.4. The zero-order chi connectivity index (χ0) is 13.1. The number of carbonyl (C=O) groups is 1.